The normalized spacial score (nSPS) is 12.4. The smallest absolute Gasteiger partial charge is 0.306 e. The number of esters is 1. The summed E-state index contributed by atoms with van der Waals surface area (Å²) in [7, 11) is 0. The SMILES string of the molecule is CCCCC/C=C\C/C=C\CCCCCCCCCCCC(=O)OC(CCCCCCCCCC)CCCCCCCC(=O)O. The van der Waals surface area contributed by atoms with Gasteiger partial charge in [0, 0.05) is 12.8 Å². The molecule has 0 aliphatic heterocycles. The molecule has 0 aliphatic carbocycles. The van der Waals surface area contributed by atoms with Crippen LogP contribution in [-0.4, -0.2) is 23.1 Å². The molecular weight excluding hydrogens is 556 g/mol. The zero-order valence-corrected chi connectivity index (χ0v) is 30.2. The third-order valence-corrected chi connectivity index (χ3v) is 8.93. The van der Waals surface area contributed by atoms with Crippen LogP contribution in [0.4, 0.5) is 0 Å². The highest BCUT2D eigenvalue weighted by Crippen LogP contribution is 2.19. The summed E-state index contributed by atoms with van der Waals surface area (Å²) in [6, 6.07) is 0. The first kappa shape index (κ1) is 43.4. The maximum absolute atomic E-state index is 12.6. The summed E-state index contributed by atoms with van der Waals surface area (Å²) in [6.45, 7) is 4.52. The van der Waals surface area contributed by atoms with E-state index in [1.165, 1.54) is 122 Å². The minimum atomic E-state index is -0.700. The van der Waals surface area contributed by atoms with Crippen molar-refractivity contribution in [3.63, 3.8) is 0 Å². The Hall–Kier alpha value is -1.58. The van der Waals surface area contributed by atoms with Gasteiger partial charge in [0.15, 0.2) is 0 Å². The molecule has 1 atom stereocenters. The van der Waals surface area contributed by atoms with E-state index < -0.39 is 5.97 Å². The molecule has 264 valence electrons. The van der Waals surface area contributed by atoms with E-state index in [9.17, 15) is 9.59 Å². The van der Waals surface area contributed by atoms with Gasteiger partial charge in [-0.05, 0) is 70.6 Å². The van der Waals surface area contributed by atoms with Crippen LogP contribution < -0.4 is 0 Å². The van der Waals surface area contributed by atoms with Gasteiger partial charge in [-0.2, -0.15) is 0 Å². The zero-order chi connectivity index (χ0) is 32.9. The fourth-order valence-electron chi connectivity index (χ4n) is 5.98. The largest absolute Gasteiger partial charge is 0.481 e. The molecule has 0 aromatic rings. The molecule has 0 saturated heterocycles. The van der Waals surface area contributed by atoms with Gasteiger partial charge in [0.1, 0.15) is 6.10 Å². The van der Waals surface area contributed by atoms with E-state index in [2.05, 4.69) is 38.2 Å². The molecule has 1 N–H and O–H groups in total. The second kappa shape index (κ2) is 36.9. The third-order valence-electron chi connectivity index (χ3n) is 8.93. The molecule has 0 fully saturated rings. The van der Waals surface area contributed by atoms with Crippen molar-refractivity contribution in [1.82, 2.24) is 0 Å². The summed E-state index contributed by atoms with van der Waals surface area (Å²) in [5.74, 6) is -0.702. The van der Waals surface area contributed by atoms with E-state index >= 15 is 0 Å². The fraction of sp³-hybridized carbons (Fsp3) is 0.854. The van der Waals surface area contributed by atoms with Crippen LogP contribution in [0, 0.1) is 0 Å². The van der Waals surface area contributed by atoms with Gasteiger partial charge in [0.05, 0.1) is 0 Å². The highest BCUT2D eigenvalue weighted by atomic mass is 16.5. The molecular formula is C41H76O4. The van der Waals surface area contributed by atoms with Crippen molar-refractivity contribution in [3.05, 3.63) is 24.3 Å². The predicted octanol–water partition coefficient (Wildman–Crippen LogP) is 13.6. The van der Waals surface area contributed by atoms with Crippen LogP contribution in [-0.2, 0) is 14.3 Å². The average molecular weight is 633 g/mol. The second-order valence-electron chi connectivity index (χ2n) is 13.5. The van der Waals surface area contributed by atoms with Gasteiger partial charge in [-0.15, -0.1) is 0 Å². The number of hydrogen-bond donors (Lipinski definition) is 1. The summed E-state index contributed by atoms with van der Waals surface area (Å²) in [5, 5.41) is 8.80. The minimum Gasteiger partial charge on any atom is -0.481 e. The lowest BCUT2D eigenvalue weighted by molar-refractivity contribution is -0.150. The first-order chi connectivity index (χ1) is 22.1. The van der Waals surface area contributed by atoms with Crippen LogP contribution in [0.5, 0.6) is 0 Å². The Balaban J connectivity index is 3.89. The molecule has 0 heterocycles. The molecule has 1 unspecified atom stereocenters. The van der Waals surface area contributed by atoms with Crippen LogP contribution in [0.15, 0.2) is 24.3 Å². The average Bonchev–Trinajstić information content (AvgIpc) is 3.02. The lowest BCUT2D eigenvalue weighted by Gasteiger charge is -2.18. The first-order valence-electron chi connectivity index (χ1n) is 19.8. The number of unbranched alkanes of at least 4 members (excludes halogenated alkanes) is 23. The summed E-state index contributed by atoms with van der Waals surface area (Å²) in [6.07, 6.45) is 46.3. The Morgan fingerprint density at radius 3 is 1.36 bits per heavy atom. The van der Waals surface area contributed by atoms with Crippen LogP contribution in [0.3, 0.4) is 0 Å². The van der Waals surface area contributed by atoms with Gasteiger partial charge >= 0.3 is 11.9 Å². The number of carboxylic acids is 1. The summed E-state index contributed by atoms with van der Waals surface area (Å²) in [5.41, 5.74) is 0. The van der Waals surface area contributed by atoms with Gasteiger partial charge in [-0.3, -0.25) is 9.59 Å². The van der Waals surface area contributed by atoms with Gasteiger partial charge in [-0.25, -0.2) is 0 Å². The lowest BCUT2D eigenvalue weighted by atomic mass is 10.0. The van der Waals surface area contributed by atoms with Gasteiger partial charge in [0.2, 0.25) is 0 Å². The van der Waals surface area contributed by atoms with Crippen molar-refractivity contribution in [2.24, 2.45) is 0 Å². The molecule has 0 spiro atoms. The van der Waals surface area contributed by atoms with E-state index in [1.807, 2.05) is 0 Å². The molecule has 0 saturated carbocycles. The molecule has 0 aromatic heterocycles. The molecule has 4 nitrogen and oxygen atoms in total. The number of carboxylic acid groups (broad SMARTS) is 1. The Labute approximate surface area is 280 Å². The molecule has 0 amide bonds. The Morgan fingerprint density at radius 2 is 0.867 bits per heavy atom. The van der Waals surface area contributed by atoms with E-state index in [-0.39, 0.29) is 18.5 Å². The Bertz CT molecular complexity index is 683. The van der Waals surface area contributed by atoms with Gasteiger partial charge < -0.3 is 9.84 Å². The number of ether oxygens (including phenoxy) is 1. The fourth-order valence-corrected chi connectivity index (χ4v) is 5.98. The van der Waals surface area contributed by atoms with Crippen molar-refractivity contribution in [1.29, 1.82) is 0 Å². The van der Waals surface area contributed by atoms with Crippen molar-refractivity contribution < 1.29 is 19.4 Å². The van der Waals surface area contributed by atoms with Crippen LogP contribution >= 0.6 is 0 Å². The molecule has 0 aromatic carbocycles. The Morgan fingerprint density at radius 1 is 0.489 bits per heavy atom. The van der Waals surface area contributed by atoms with Crippen LogP contribution in [0.25, 0.3) is 0 Å². The highest BCUT2D eigenvalue weighted by molar-refractivity contribution is 5.69. The topological polar surface area (TPSA) is 63.6 Å². The van der Waals surface area contributed by atoms with Crippen molar-refractivity contribution in [2.75, 3.05) is 0 Å². The van der Waals surface area contributed by atoms with E-state index in [1.54, 1.807) is 0 Å². The number of hydrogen-bond acceptors (Lipinski definition) is 3. The third kappa shape index (κ3) is 36.8. The van der Waals surface area contributed by atoms with Crippen LogP contribution in [0.2, 0.25) is 0 Å². The molecule has 0 aliphatic rings. The monoisotopic (exact) mass is 633 g/mol. The van der Waals surface area contributed by atoms with Crippen LogP contribution in [0.1, 0.15) is 219 Å². The minimum absolute atomic E-state index is 0.00179. The molecule has 4 heteroatoms. The maximum atomic E-state index is 12.6. The summed E-state index contributed by atoms with van der Waals surface area (Å²) >= 11 is 0. The predicted molar refractivity (Wildman–Crippen MR) is 195 cm³/mol. The second-order valence-corrected chi connectivity index (χ2v) is 13.5. The van der Waals surface area contributed by atoms with Crippen molar-refractivity contribution in [2.45, 2.75) is 225 Å². The Kier molecular flexibility index (Phi) is 35.6. The summed E-state index contributed by atoms with van der Waals surface area (Å²) in [4.78, 5) is 23.3. The number of carbonyl (C=O) groups is 2. The molecule has 0 rings (SSSR count). The summed E-state index contributed by atoms with van der Waals surface area (Å²) < 4.78 is 5.98. The van der Waals surface area contributed by atoms with Crippen molar-refractivity contribution in [3.8, 4) is 0 Å². The number of allylic oxidation sites excluding steroid dienone is 4. The quantitative estimate of drug-likeness (QED) is 0.0424. The standard InChI is InChI=1S/C41H76O4/c1-3-5-7-9-11-13-14-15-16-17-18-19-20-21-22-23-25-30-34-38-41(44)45-39(35-31-27-24-12-10-8-6-4-2)36-32-28-26-29-33-37-40(42)43/h11,13,15-16,39H,3-10,12,14,17-38H2,1-2H3,(H,42,43)/b13-11-,16-15-. The first-order valence-corrected chi connectivity index (χ1v) is 19.8. The number of aliphatic carboxylic acids is 1. The zero-order valence-electron chi connectivity index (χ0n) is 30.2. The van der Waals surface area contributed by atoms with Gasteiger partial charge in [0.25, 0.3) is 0 Å². The number of rotatable bonds is 36. The number of carbonyl (C=O) groups excluding carboxylic acids is 1. The maximum Gasteiger partial charge on any atom is 0.306 e. The molecule has 0 radical (unpaired) electrons. The van der Waals surface area contributed by atoms with E-state index in [0.717, 1.165) is 70.6 Å². The van der Waals surface area contributed by atoms with E-state index in [0.29, 0.717) is 6.42 Å². The highest BCUT2D eigenvalue weighted by Gasteiger charge is 2.14. The lowest BCUT2D eigenvalue weighted by Crippen LogP contribution is -2.18. The van der Waals surface area contributed by atoms with Crippen molar-refractivity contribution >= 4 is 11.9 Å². The van der Waals surface area contributed by atoms with Gasteiger partial charge in [-0.1, -0.05) is 160 Å². The molecule has 45 heavy (non-hydrogen) atoms. The van der Waals surface area contributed by atoms with E-state index in [4.69, 9.17) is 9.84 Å². The molecule has 0 bridgehead atoms.